The van der Waals surface area contributed by atoms with Crippen LogP contribution in [0.2, 0.25) is 0 Å². The fourth-order valence-electron chi connectivity index (χ4n) is 2.35. The van der Waals surface area contributed by atoms with Gasteiger partial charge in [0, 0.05) is 26.7 Å². The highest BCUT2D eigenvalue weighted by atomic mass is 79.9. The third-order valence-electron chi connectivity index (χ3n) is 3.37. The van der Waals surface area contributed by atoms with Crippen molar-refractivity contribution < 1.29 is 22.3 Å². The number of benzene rings is 2. The number of hydrogen-bond acceptors (Lipinski definition) is 6. The molecule has 0 unspecified atom stereocenters. The molecule has 0 atom stereocenters. The highest BCUT2D eigenvalue weighted by Crippen LogP contribution is 2.34. The largest absolute Gasteiger partial charge is 0.312 e. The Kier molecular flexibility index (Phi) is 3.48. The maximum absolute atomic E-state index is 12.5. The second-order valence-electron chi connectivity index (χ2n) is 4.58. The molecule has 0 fully saturated rings. The zero-order valence-electron chi connectivity index (χ0n) is 10.9. The number of rotatable bonds is 2. The van der Waals surface area contributed by atoms with Gasteiger partial charge in [-0.25, -0.2) is 0 Å². The molecule has 2 aromatic carbocycles. The summed E-state index contributed by atoms with van der Waals surface area (Å²) in [5, 5.41) is 0. The molecule has 6 nitrogen and oxygen atoms in total. The third-order valence-corrected chi connectivity index (χ3v) is 5.06. The van der Waals surface area contributed by atoms with Crippen LogP contribution in [-0.2, 0) is 14.4 Å². The molecule has 0 bridgehead atoms. The molecule has 0 aromatic heterocycles. The lowest BCUT2D eigenvalue weighted by Crippen LogP contribution is -2.22. The summed E-state index contributed by atoms with van der Waals surface area (Å²) in [4.78, 5) is 24.7. The molecule has 2 N–H and O–H groups in total. The normalized spacial score (nSPS) is 13.7. The van der Waals surface area contributed by atoms with Crippen molar-refractivity contribution in [2.75, 3.05) is 0 Å². The molecule has 1 aliphatic carbocycles. The van der Waals surface area contributed by atoms with Crippen LogP contribution in [0.25, 0.3) is 0 Å². The number of ketones is 2. The van der Waals surface area contributed by atoms with Gasteiger partial charge >= 0.3 is 10.1 Å². The van der Waals surface area contributed by atoms with Gasteiger partial charge in [-0.2, -0.15) is 18.6 Å². The number of hydrogen-bond donors (Lipinski definition) is 1. The summed E-state index contributed by atoms with van der Waals surface area (Å²) in [6.45, 7) is 0. The van der Waals surface area contributed by atoms with Gasteiger partial charge in [-0.1, -0.05) is 24.3 Å². The van der Waals surface area contributed by atoms with E-state index in [0.717, 1.165) is 6.07 Å². The molecule has 0 heterocycles. The predicted octanol–water partition coefficient (Wildman–Crippen LogP) is 1.80. The van der Waals surface area contributed by atoms with Crippen molar-refractivity contribution in [1.82, 2.24) is 0 Å². The Morgan fingerprint density at radius 2 is 1.55 bits per heavy atom. The summed E-state index contributed by atoms with van der Waals surface area (Å²) in [5.74, 6) is 3.97. The summed E-state index contributed by atoms with van der Waals surface area (Å²) in [6, 6.07) is 8.64. The maximum atomic E-state index is 12.5. The minimum Gasteiger partial charge on any atom is -0.289 e. The first kappa shape index (κ1) is 15.0. The Balaban J connectivity index is 2.32. The fraction of sp³-hybridized carbons (Fsp3) is 0. The second kappa shape index (κ2) is 5.10. The number of fused-ring (bicyclic) bond motifs is 2. The van der Waals surface area contributed by atoms with Gasteiger partial charge in [0.1, 0.15) is 0 Å². The van der Waals surface area contributed by atoms with Gasteiger partial charge in [0.25, 0.3) is 0 Å². The van der Waals surface area contributed by atoms with E-state index in [1.165, 1.54) is 12.1 Å². The molecule has 112 valence electrons. The van der Waals surface area contributed by atoms with Crippen molar-refractivity contribution >= 4 is 37.6 Å². The van der Waals surface area contributed by atoms with E-state index in [1.807, 2.05) is 0 Å². The summed E-state index contributed by atoms with van der Waals surface area (Å²) >= 11 is 3.14. The van der Waals surface area contributed by atoms with Crippen LogP contribution < -0.4 is 5.90 Å². The highest BCUT2D eigenvalue weighted by molar-refractivity contribution is 9.10. The van der Waals surface area contributed by atoms with Crippen LogP contribution in [0.15, 0.2) is 45.8 Å². The number of carbonyl (C=O) groups is 2. The average molecular weight is 382 g/mol. The lowest BCUT2D eigenvalue weighted by atomic mass is 9.84. The summed E-state index contributed by atoms with van der Waals surface area (Å²) in [7, 11) is -4.19. The van der Waals surface area contributed by atoms with Gasteiger partial charge in [-0.05, 0) is 28.1 Å². The Morgan fingerprint density at radius 3 is 2.14 bits per heavy atom. The minimum atomic E-state index is -4.19. The Hall–Kier alpha value is -1.87. The first-order valence-electron chi connectivity index (χ1n) is 6.02. The van der Waals surface area contributed by atoms with Crippen LogP contribution in [-0.4, -0.2) is 20.0 Å². The molecule has 1 aliphatic rings. The molecule has 0 saturated heterocycles. The summed E-state index contributed by atoms with van der Waals surface area (Å²) in [5.41, 5.74) is 0.634. The second-order valence-corrected chi connectivity index (χ2v) is 7.01. The topological polar surface area (TPSA) is 104 Å². The van der Waals surface area contributed by atoms with Crippen LogP contribution in [0.5, 0.6) is 0 Å². The van der Waals surface area contributed by atoms with Gasteiger partial charge < -0.3 is 0 Å². The lowest BCUT2D eigenvalue weighted by Gasteiger charge is -2.19. The Labute approximate surface area is 134 Å². The van der Waals surface area contributed by atoms with Gasteiger partial charge in [0.05, 0.1) is 4.90 Å². The van der Waals surface area contributed by atoms with Gasteiger partial charge in [-0.3, -0.25) is 9.59 Å². The third kappa shape index (κ3) is 2.12. The molecule has 2 aromatic rings. The monoisotopic (exact) mass is 381 g/mol. The molecular formula is C14H8BrNO5S. The van der Waals surface area contributed by atoms with Crippen molar-refractivity contribution in [2.45, 2.75) is 4.90 Å². The number of halogens is 1. The first-order valence-corrected chi connectivity index (χ1v) is 8.22. The standard InChI is InChI=1S/C14H8BrNO5S/c15-11-6-7(22(19,20)21-16)5-10-12(11)14(18)9-4-2-1-3-8(9)13(10)17/h1-6H,16H2. The predicted molar refractivity (Wildman–Crippen MR) is 79.9 cm³/mol. The molecule has 8 heteroatoms. The smallest absolute Gasteiger partial charge is 0.289 e. The van der Waals surface area contributed by atoms with Crippen LogP contribution >= 0.6 is 15.9 Å². The van der Waals surface area contributed by atoms with Crippen molar-refractivity contribution in [2.24, 2.45) is 5.90 Å². The zero-order chi connectivity index (χ0) is 16.1. The van der Waals surface area contributed by atoms with Crippen molar-refractivity contribution in [3.63, 3.8) is 0 Å². The Bertz CT molecular complexity index is 936. The molecule has 0 amide bonds. The molecule has 0 saturated carbocycles. The molecule has 22 heavy (non-hydrogen) atoms. The van der Waals surface area contributed by atoms with Crippen LogP contribution in [0.3, 0.4) is 0 Å². The molecule has 0 radical (unpaired) electrons. The van der Waals surface area contributed by atoms with E-state index in [2.05, 4.69) is 20.2 Å². The number of carbonyl (C=O) groups excluding carboxylic acids is 2. The molecule has 0 aliphatic heterocycles. The average Bonchev–Trinajstić information content (AvgIpc) is 2.52. The van der Waals surface area contributed by atoms with Gasteiger partial charge in [0.2, 0.25) is 0 Å². The van der Waals surface area contributed by atoms with E-state index < -0.39 is 15.9 Å². The first-order chi connectivity index (χ1) is 10.4. The van der Waals surface area contributed by atoms with Gasteiger partial charge in [-0.15, -0.1) is 0 Å². The summed E-state index contributed by atoms with van der Waals surface area (Å²) < 4.78 is 27.6. The van der Waals surface area contributed by atoms with E-state index >= 15 is 0 Å². The molecular weight excluding hydrogens is 374 g/mol. The number of nitrogens with two attached hydrogens (primary N) is 1. The van der Waals surface area contributed by atoms with Crippen molar-refractivity contribution in [3.05, 3.63) is 63.1 Å². The van der Waals surface area contributed by atoms with E-state index in [0.29, 0.717) is 0 Å². The van der Waals surface area contributed by atoms with Crippen molar-refractivity contribution in [3.8, 4) is 0 Å². The van der Waals surface area contributed by atoms with Crippen LogP contribution in [0.4, 0.5) is 0 Å². The fourth-order valence-corrected chi connectivity index (χ4v) is 3.78. The minimum absolute atomic E-state index is 0.00583. The van der Waals surface area contributed by atoms with Gasteiger partial charge in [0.15, 0.2) is 11.6 Å². The highest BCUT2D eigenvalue weighted by Gasteiger charge is 2.33. The quantitative estimate of drug-likeness (QED) is 0.678. The molecule has 0 spiro atoms. The van der Waals surface area contributed by atoms with Crippen LogP contribution in [0.1, 0.15) is 31.8 Å². The van der Waals surface area contributed by atoms with Crippen molar-refractivity contribution in [1.29, 1.82) is 0 Å². The van der Waals surface area contributed by atoms with E-state index in [9.17, 15) is 18.0 Å². The lowest BCUT2D eigenvalue weighted by molar-refractivity contribution is 0.0978. The van der Waals surface area contributed by atoms with Crippen LogP contribution in [0, 0.1) is 0 Å². The van der Waals surface area contributed by atoms with E-state index in [4.69, 9.17) is 5.90 Å². The zero-order valence-corrected chi connectivity index (χ0v) is 13.3. The SMILES string of the molecule is NOS(=O)(=O)c1cc(Br)c2c(c1)C(=O)c1ccccc1C2=O. The van der Waals surface area contributed by atoms with E-state index in [-0.39, 0.29) is 37.4 Å². The Morgan fingerprint density at radius 1 is 0.955 bits per heavy atom. The molecule has 3 rings (SSSR count). The summed E-state index contributed by atoms with van der Waals surface area (Å²) in [6.07, 6.45) is 0. The van der Waals surface area contributed by atoms with E-state index in [1.54, 1.807) is 18.2 Å². The maximum Gasteiger partial charge on any atom is 0.312 e.